The second kappa shape index (κ2) is 6.40. The molecule has 0 radical (unpaired) electrons. The van der Waals surface area contributed by atoms with Gasteiger partial charge in [-0.15, -0.1) is 0 Å². The van der Waals surface area contributed by atoms with Crippen molar-refractivity contribution in [3.63, 3.8) is 0 Å². The van der Waals surface area contributed by atoms with Gasteiger partial charge in [0.1, 0.15) is 0 Å². The van der Waals surface area contributed by atoms with Gasteiger partial charge >= 0.3 is 0 Å². The lowest BCUT2D eigenvalue weighted by atomic mass is 9.72. The molecule has 110 valence electrons. The number of carbonyl (C=O) groups excluding carboxylic acids is 1. The van der Waals surface area contributed by atoms with Gasteiger partial charge in [0.15, 0.2) is 0 Å². The van der Waals surface area contributed by atoms with E-state index in [9.17, 15) is 4.79 Å². The van der Waals surface area contributed by atoms with Crippen LogP contribution in [0.2, 0.25) is 0 Å². The first kappa shape index (κ1) is 15.0. The molecular weight excluding hydrogens is 248 g/mol. The number of amides is 1. The highest BCUT2D eigenvalue weighted by Crippen LogP contribution is 2.38. The van der Waals surface area contributed by atoms with E-state index in [-0.39, 0.29) is 17.4 Å². The van der Waals surface area contributed by atoms with Crippen LogP contribution in [0.25, 0.3) is 0 Å². The van der Waals surface area contributed by atoms with Gasteiger partial charge in [0.2, 0.25) is 5.91 Å². The molecule has 1 aliphatic carbocycles. The summed E-state index contributed by atoms with van der Waals surface area (Å²) in [5, 5.41) is 0. The Labute approximate surface area is 122 Å². The molecular formula is C17H26N2O. The molecule has 1 saturated carbocycles. The third kappa shape index (κ3) is 3.40. The third-order valence-corrected chi connectivity index (χ3v) is 4.99. The van der Waals surface area contributed by atoms with Crippen molar-refractivity contribution >= 4 is 5.91 Å². The van der Waals surface area contributed by atoms with Crippen molar-refractivity contribution in [3.05, 3.63) is 35.9 Å². The minimum atomic E-state index is -0.125. The van der Waals surface area contributed by atoms with Crippen LogP contribution < -0.4 is 5.73 Å². The van der Waals surface area contributed by atoms with Crippen LogP contribution in [-0.4, -0.2) is 30.4 Å². The summed E-state index contributed by atoms with van der Waals surface area (Å²) in [6, 6.07) is 10.6. The number of rotatable bonds is 5. The monoisotopic (exact) mass is 274 g/mol. The van der Waals surface area contributed by atoms with Crippen LogP contribution >= 0.6 is 0 Å². The molecule has 0 aliphatic heterocycles. The quantitative estimate of drug-likeness (QED) is 0.897. The van der Waals surface area contributed by atoms with Crippen molar-refractivity contribution in [3.8, 4) is 0 Å². The summed E-state index contributed by atoms with van der Waals surface area (Å²) in [7, 11) is 4.32. The molecule has 2 N–H and O–H groups in total. The Balaban J connectivity index is 1.99. The van der Waals surface area contributed by atoms with E-state index in [1.807, 2.05) is 0 Å². The summed E-state index contributed by atoms with van der Waals surface area (Å²) in [4.78, 5) is 13.7. The predicted molar refractivity (Wildman–Crippen MR) is 82.3 cm³/mol. The molecule has 0 aromatic heterocycles. The number of aryl methyl sites for hydroxylation is 1. The Morgan fingerprint density at radius 1 is 1.25 bits per heavy atom. The van der Waals surface area contributed by atoms with Crippen molar-refractivity contribution in [2.24, 2.45) is 11.7 Å². The number of nitrogens with zero attached hydrogens (tertiary/aromatic N) is 1. The lowest BCUT2D eigenvalue weighted by Gasteiger charge is -2.45. The van der Waals surface area contributed by atoms with Crippen molar-refractivity contribution in [2.75, 3.05) is 14.1 Å². The van der Waals surface area contributed by atoms with E-state index in [0.29, 0.717) is 0 Å². The zero-order chi connectivity index (χ0) is 14.6. The molecule has 0 spiro atoms. The lowest BCUT2D eigenvalue weighted by Crippen LogP contribution is -2.48. The molecule has 3 nitrogen and oxygen atoms in total. The normalized spacial score (nSPS) is 26.6. The van der Waals surface area contributed by atoms with Gasteiger partial charge in [-0.25, -0.2) is 0 Å². The maximum atomic E-state index is 11.3. The van der Waals surface area contributed by atoms with Crippen molar-refractivity contribution in [1.82, 2.24) is 4.90 Å². The second-order valence-electron chi connectivity index (χ2n) is 6.28. The van der Waals surface area contributed by atoms with E-state index < -0.39 is 0 Å². The van der Waals surface area contributed by atoms with Crippen LogP contribution in [0.1, 0.15) is 37.7 Å². The first-order valence-corrected chi connectivity index (χ1v) is 7.54. The molecule has 2 rings (SSSR count). The molecule has 0 heterocycles. The summed E-state index contributed by atoms with van der Waals surface area (Å²) in [6.07, 6.45) is 6.25. The van der Waals surface area contributed by atoms with E-state index in [1.165, 1.54) is 5.56 Å². The molecule has 1 aromatic carbocycles. The summed E-state index contributed by atoms with van der Waals surface area (Å²) in [5.41, 5.74) is 7.06. The molecule has 3 heteroatoms. The fourth-order valence-corrected chi connectivity index (χ4v) is 3.38. The van der Waals surface area contributed by atoms with Gasteiger partial charge in [-0.3, -0.25) is 4.79 Å². The number of nitrogens with two attached hydrogens (primary N) is 1. The minimum Gasteiger partial charge on any atom is -0.369 e. The van der Waals surface area contributed by atoms with E-state index >= 15 is 0 Å². The van der Waals surface area contributed by atoms with Gasteiger partial charge in [0.25, 0.3) is 0 Å². The Hall–Kier alpha value is -1.35. The van der Waals surface area contributed by atoms with Crippen LogP contribution in [0.4, 0.5) is 0 Å². The Morgan fingerprint density at radius 2 is 1.85 bits per heavy atom. The average molecular weight is 274 g/mol. The van der Waals surface area contributed by atoms with Crippen molar-refractivity contribution in [1.29, 1.82) is 0 Å². The fraction of sp³-hybridized carbons (Fsp3) is 0.588. The molecule has 1 aromatic rings. The van der Waals surface area contributed by atoms with Crippen LogP contribution in [-0.2, 0) is 11.2 Å². The highest BCUT2D eigenvalue weighted by molar-refractivity contribution is 5.76. The van der Waals surface area contributed by atoms with E-state index in [2.05, 4.69) is 49.3 Å². The zero-order valence-electron chi connectivity index (χ0n) is 12.6. The molecule has 1 amide bonds. The number of hydrogen-bond donors (Lipinski definition) is 1. The second-order valence-corrected chi connectivity index (χ2v) is 6.28. The number of carbonyl (C=O) groups is 1. The van der Waals surface area contributed by atoms with Gasteiger partial charge in [-0.05, 0) is 58.2 Å². The smallest absolute Gasteiger partial charge is 0.220 e. The summed E-state index contributed by atoms with van der Waals surface area (Å²) >= 11 is 0. The first-order valence-electron chi connectivity index (χ1n) is 7.54. The van der Waals surface area contributed by atoms with E-state index in [1.54, 1.807) is 0 Å². The molecule has 1 aliphatic rings. The molecule has 0 unspecified atom stereocenters. The zero-order valence-corrected chi connectivity index (χ0v) is 12.6. The van der Waals surface area contributed by atoms with Crippen LogP contribution in [0.3, 0.4) is 0 Å². The highest BCUT2D eigenvalue weighted by Gasteiger charge is 2.38. The van der Waals surface area contributed by atoms with E-state index in [0.717, 1.165) is 38.5 Å². The van der Waals surface area contributed by atoms with Crippen molar-refractivity contribution in [2.45, 2.75) is 44.1 Å². The van der Waals surface area contributed by atoms with Crippen LogP contribution in [0.5, 0.6) is 0 Å². The number of hydrogen-bond acceptors (Lipinski definition) is 2. The summed E-state index contributed by atoms with van der Waals surface area (Å²) < 4.78 is 0. The summed E-state index contributed by atoms with van der Waals surface area (Å²) in [5.74, 6) is -0.0415. The highest BCUT2D eigenvalue weighted by atomic mass is 16.1. The summed E-state index contributed by atoms with van der Waals surface area (Å²) in [6.45, 7) is 0. The lowest BCUT2D eigenvalue weighted by molar-refractivity contribution is -0.123. The minimum absolute atomic E-state index is 0.0831. The first-order chi connectivity index (χ1) is 9.53. The molecule has 20 heavy (non-hydrogen) atoms. The van der Waals surface area contributed by atoms with E-state index in [4.69, 9.17) is 5.73 Å². The molecule has 1 fully saturated rings. The van der Waals surface area contributed by atoms with Crippen LogP contribution in [0, 0.1) is 5.92 Å². The van der Waals surface area contributed by atoms with Crippen molar-refractivity contribution < 1.29 is 4.79 Å². The van der Waals surface area contributed by atoms with Gasteiger partial charge in [0.05, 0.1) is 0 Å². The molecule has 0 saturated heterocycles. The van der Waals surface area contributed by atoms with Gasteiger partial charge in [-0.2, -0.15) is 0 Å². The molecule has 0 bridgehead atoms. The number of primary amides is 1. The molecule has 0 atom stereocenters. The van der Waals surface area contributed by atoms with Gasteiger partial charge < -0.3 is 10.6 Å². The predicted octanol–water partition coefficient (Wildman–Crippen LogP) is 2.60. The topological polar surface area (TPSA) is 46.3 Å². The standard InChI is InChI=1S/C17H26N2O/c1-19(2)17(11-8-14-6-4-3-5-7-14)12-9-15(10-13-17)16(18)20/h3-7,15H,8-13H2,1-2H3,(H2,18,20). The van der Waals surface area contributed by atoms with Gasteiger partial charge in [0, 0.05) is 11.5 Å². The maximum absolute atomic E-state index is 11.3. The van der Waals surface area contributed by atoms with Crippen LogP contribution in [0.15, 0.2) is 30.3 Å². The average Bonchev–Trinajstić information content (AvgIpc) is 2.46. The number of benzene rings is 1. The fourth-order valence-electron chi connectivity index (χ4n) is 3.38. The maximum Gasteiger partial charge on any atom is 0.220 e. The van der Waals surface area contributed by atoms with Gasteiger partial charge in [-0.1, -0.05) is 30.3 Å². The Bertz CT molecular complexity index is 434. The largest absolute Gasteiger partial charge is 0.369 e. The Morgan fingerprint density at radius 3 is 2.35 bits per heavy atom. The third-order valence-electron chi connectivity index (χ3n) is 4.99. The Kier molecular flexibility index (Phi) is 4.81. The SMILES string of the molecule is CN(C)C1(CCc2ccccc2)CCC(C(N)=O)CC1.